The second kappa shape index (κ2) is 6.28. The van der Waals surface area contributed by atoms with Crippen molar-refractivity contribution < 1.29 is 22.8 Å². The number of aryl methyl sites for hydroxylation is 1. The van der Waals surface area contributed by atoms with Crippen molar-refractivity contribution in [1.29, 1.82) is 0 Å². The van der Waals surface area contributed by atoms with E-state index in [-0.39, 0.29) is 4.96 Å². The van der Waals surface area contributed by atoms with Crippen molar-refractivity contribution in [2.45, 2.75) is 20.0 Å². The monoisotopic (exact) mass is 368 g/mol. The van der Waals surface area contributed by atoms with Crippen LogP contribution < -0.4 is 0 Å². The zero-order valence-corrected chi connectivity index (χ0v) is 13.9. The molecule has 0 saturated heterocycles. The van der Waals surface area contributed by atoms with Crippen LogP contribution in [0.5, 0.6) is 0 Å². The fourth-order valence-corrected chi connectivity index (χ4v) is 3.08. The molecule has 3 aromatic rings. The predicted molar refractivity (Wildman–Crippen MR) is 84.7 cm³/mol. The highest BCUT2D eigenvalue weighted by Gasteiger charge is 2.37. The largest absolute Gasteiger partial charge is 0.453 e. The highest BCUT2D eigenvalue weighted by Crippen LogP contribution is 2.30. The third-order valence-corrected chi connectivity index (χ3v) is 4.52. The number of fused-ring (bicyclic) bond motifs is 1. The van der Waals surface area contributed by atoms with Crippen LogP contribution >= 0.6 is 11.3 Å². The van der Waals surface area contributed by atoms with E-state index in [0.717, 1.165) is 15.9 Å². The maximum absolute atomic E-state index is 12.7. The third-order valence-electron chi connectivity index (χ3n) is 3.27. The molecule has 0 unspecified atom stereocenters. The minimum Gasteiger partial charge on any atom is -0.313 e. The number of carbonyl (C=O) groups is 1. The summed E-state index contributed by atoms with van der Waals surface area (Å²) in [4.78, 5) is 20.8. The lowest BCUT2D eigenvalue weighted by atomic mass is 10.2. The van der Waals surface area contributed by atoms with Crippen LogP contribution in [0.1, 0.15) is 33.7 Å². The minimum absolute atomic E-state index is 0.0868. The van der Waals surface area contributed by atoms with E-state index >= 15 is 0 Å². The first kappa shape index (κ1) is 17.1. The zero-order valence-electron chi connectivity index (χ0n) is 13.0. The minimum atomic E-state index is -4.60. The van der Waals surface area contributed by atoms with Gasteiger partial charge in [0.25, 0.3) is 5.82 Å². The summed E-state index contributed by atoms with van der Waals surface area (Å²) < 4.78 is 39.0. The van der Waals surface area contributed by atoms with Gasteiger partial charge < -0.3 is 4.84 Å². The Balaban J connectivity index is 1.84. The number of hydrogen-bond donors (Lipinski definition) is 0. The molecule has 0 fully saturated rings. The number of alkyl halides is 3. The molecule has 0 N–H and O–H groups in total. The van der Waals surface area contributed by atoms with Gasteiger partial charge in [-0.05, 0) is 26.0 Å². The third kappa shape index (κ3) is 3.38. The normalized spacial score (nSPS) is 12.6. The second-order valence-electron chi connectivity index (χ2n) is 5.07. The Morgan fingerprint density at radius 1 is 1.28 bits per heavy atom. The van der Waals surface area contributed by atoms with Gasteiger partial charge in [-0.25, -0.2) is 9.31 Å². The van der Waals surface area contributed by atoms with E-state index in [1.807, 2.05) is 0 Å². The van der Waals surface area contributed by atoms with Gasteiger partial charge in [-0.2, -0.15) is 18.2 Å². The molecule has 0 saturated carbocycles. The lowest BCUT2D eigenvalue weighted by Crippen LogP contribution is -2.08. The Labute approximate surface area is 143 Å². The average molecular weight is 368 g/mol. The standard InChI is InChI=1S/C15H11F3N4O2S/c1-8(21-24-12(23)10-6-4-3-5-7-10)11-9(2)22-14(25-11)19-13(20-22)15(16,17)18/h3-7H,1-2H3/b21-8+. The van der Waals surface area contributed by atoms with Gasteiger partial charge in [-0.15, -0.1) is 5.10 Å². The SMILES string of the molecule is C/C(=N\OC(=O)c1ccccc1)c1sc2nc(C(F)(F)F)nn2c1C. The first-order valence-corrected chi connectivity index (χ1v) is 7.83. The highest BCUT2D eigenvalue weighted by atomic mass is 32.1. The Bertz CT molecular complexity index is 960. The number of halogens is 3. The summed E-state index contributed by atoms with van der Waals surface area (Å²) in [6.45, 7) is 3.17. The van der Waals surface area contributed by atoms with Crippen molar-refractivity contribution >= 4 is 28.0 Å². The molecule has 0 aliphatic rings. The van der Waals surface area contributed by atoms with Crippen LogP contribution in [0.2, 0.25) is 0 Å². The summed E-state index contributed by atoms with van der Waals surface area (Å²) in [7, 11) is 0. The molecule has 0 aliphatic heterocycles. The number of thiazole rings is 1. The number of oxime groups is 1. The van der Waals surface area contributed by atoms with Gasteiger partial charge in [-0.1, -0.05) is 34.7 Å². The molecule has 6 nitrogen and oxygen atoms in total. The molecule has 10 heteroatoms. The van der Waals surface area contributed by atoms with Crippen LogP contribution in [0.3, 0.4) is 0 Å². The Kier molecular flexibility index (Phi) is 4.29. The number of nitrogens with zero attached hydrogens (tertiary/aromatic N) is 4. The molecular formula is C15H11F3N4O2S. The van der Waals surface area contributed by atoms with Crippen molar-refractivity contribution in [2.24, 2.45) is 5.16 Å². The topological polar surface area (TPSA) is 68.8 Å². The Hall–Kier alpha value is -2.75. The van der Waals surface area contributed by atoms with Crippen LogP contribution in [0.4, 0.5) is 13.2 Å². The Morgan fingerprint density at radius 3 is 2.56 bits per heavy atom. The van der Waals surface area contributed by atoms with Crippen LogP contribution in [-0.2, 0) is 11.0 Å². The van der Waals surface area contributed by atoms with Crippen molar-refractivity contribution in [1.82, 2.24) is 14.6 Å². The number of rotatable bonds is 3. The van der Waals surface area contributed by atoms with Gasteiger partial charge >= 0.3 is 12.1 Å². The maximum Gasteiger partial charge on any atom is 0.453 e. The quantitative estimate of drug-likeness (QED) is 0.402. The zero-order chi connectivity index (χ0) is 18.2. The summed E-state index contributed by atoms with van der Waals surface area (Å²) in [6, 6.07) is 8.31. The molecule has 0 bridgehead atoms. The average Bonchev–Trinajstić information content (AvgIpc) is 3.13. The number of carbonyl (C=O) groups excluding carboxylic acids is 1. The van der Waals surface area contributed by atoms with Crippen molar-refractivity contribution in [3.8, 4) is 0 Å². The van der Waals surface area contributed by atoms with Gasteiger partial charge in [0.1, 0.15) is 0 Å². The van der Waals surface area contributed by atoms with Crippen LogP contribution in [0, 0.1) is 6.92 Å². The maximum atomic E-state index is 12.7. The van der Waals surface area contributed by atoms with Gasteiger partial charge in [0.15, 0.2) is 0 Å². The molecule has 2 heterocycles. The molecule has 0 amide bonds. The van der Waals surface area contributed by atoms with Gasteiger partial charge in [0.2, 0.25) is 4.96 Å². The molecule has 1 aromatic carbocycles. The second-order valence-corrected chi connectivity index (χ2v) is 6.04. The number of benzene rings is 1. The van der Waals surface area contributed by atoms with Gasteiger partial charge in [0.05, 0.1) is 21.8 Å². The van der Waals surface area contributed by atoms with E-state index in [1.54, 1.807) is 44.2 Å². The molecule has 0 atom stereocenters. The van der Waals surface area contributed by atoms with E-state index in [9.17, 15) is 18.0 Å². The fourth-order valence-electron chi connectivity index (χ4n) is 2.08. The van der Waals surface area contributed by atoms with Gasteiger partial charge in [0, 0.05) is 0 Å². The number of hydrogen-bond acceptors (Lipinski definition) is 6. The van der Waals surface area contributed by atoms with Gasteiger partial charge in [-0.3, -0.25) is 0 Å². The molecule has 0 aliphatic carbocycles. The van der Waals surface area contributed by atoms with Crippen molar-refractivity contribution in [3.05, 3.63) is 52.3 Å². The molecule has 130 valence electrons. The summed E-state index contributed by atoms with van der Waals surface area (Å²) >= 11 is 0.984. The van der Waals surface area contributed by atoms with E-state index in [4.69, 9.17) is 4.84 Å². The summed E-state index contributed by atoms with van der Waals surface area (Å²) in [5.41, 5.74) is 1.11. The Morgan fingerprint density at radius 2 is 1.96 bits per heavy atom. The number of aromatic nitrogens is 3. The molecule has 0 radical (unpaired) electrons. The molecule has 25 heavy (non-hydrogen) atoms. The highest BCUT2D eigenvalue weighted by molar-refractivity contribution is 7.19. The van der Waals surface area contributed by atoms with E-state index in [0.29, 0.717) is 21.8 Å². The van der Waals surface area contributed by atoms with E-state index in [1.165, 1.54) is 0 Å². The summed E-state index contributed by atoms with van der Waals surface area (Å²) in [6.07, 6.45) is -4.60. The smallest absolute Gasteiger partial charge is 0.313 e. The van der Waals surface area contributed by atoms with E-state index < -0.39 is 18.0 Å². The lowest BCUT2D eigenvalue weighted by Gasteiger charge is -2.01. The fraction of sp³-hybridized carbons (Fsp3) is 0.200. The van der Waals surface area contributed by atoms with E-state index in [2.05, 4.69) is 15.2 Å². The van der Waals surface area contributed by atoms with Crippen LogP contribution in [0.25, 0.3) is 4.96 Å². The predicted octanol–water partition coefficient (Wildman–Crippen LogP) is 3.70. The lowest BCUT2D eigenvalue weighted by molar-refractivity contribution is -0.144. The van der Waals surface area contributed by atoms with Crippen molar-refractivity contribution in [3.63, 3.8) is 0 Å². The first-order chi connectivity index (χ1) is 11.8. The summed E-state index contributed by atoms with van der Waals surface area (Å²) in [5, 5.41) is 7.22. The van der Waals surface area contributed by atoms with Crippen LogP contribution in [0.15, 0.2) is 35.5 Å². The molecule has 3 rings (SSSR count). The molecule has 0 spiro atoms. The summed E-state index contributed by atoms with van der Waals surface area (Å²) in [5.74, 6) is -1.82. The van der Waals surface area contributed by atoms with Crippen LogP contribution in [-0.4, -0.2) is 26.3 Å². The van der Waals surface area contributed by atoms with Crippen molar-refractivity contribution in [2.75, 3.05) is 0 Å². The molecular weight excluding hydrogens is 357 g/mol. The molecule has 2 aromatic heterocycles. The first-order valence-electron chi connectivity index (χ1n) is 7.02.